The van der Waals surface area contributed by atoms with Crippen LogP contribution in [0.4, 0.5) is 0 Å². The molecule has 4 nitrogen and oxygen atoms in total. The van der Waals surface area contributed by atoms with Crippen LogP contribution in [0.2, 0.25) is 0 Å². The van der Waals surface area contributed by atoms with Crippen molar-refractivity contribution in [1.29, 1.82) is 0 Å². The standard InChI is InChI=1S/C8H6N2O2S.Au.Na/c11-7(12)4-2-1-3-5-6(4)10-8(13)9-5;;/h1-3H,(H,11,12)(H2,9,10,13);;. The number of nitrogens with one attached hydrogen (secondary N) is 2. The Hall–Kier alpha value is 0.120. The van der Waals surface area contributed by atoms with Gasteiger partial charge in [0.15, 0.2) is 4.77 Å². The molecule has 0 aliphatic heterocycles. The number of rotatable bonds is 1. The predicted octanol–water partition coefficient (Wildman–Crippen LogP) is 1.54. The van der Waals surface area contributed by atoms with E-state index >= 15 is 0 Å². The number of aromatic carboxylic acids is 1. The maximum Gasteiger partial charge on any atom is 0.337 e. The third-order valence-electron chi connectivity index (χ3n) is 1.78. The van der Waals surface area contributed by atoms with E-state index in [2.05, 4.69) is 9.97 Å². The Morgan fingerprint density at radius 2 is 2.00 bits per heavy atom. The van der Waals surface area contributed by atoms with Gasteiger partial charge in [-0.3, -0.25) is 0 Å². The van der Waals surface area contributed by atoms with Crippen molar-refractivity contribution in [3.8, 4) is 0 Å². The molecule has 0 unspecified atom stereocenters. The fourth-order valence-electron chi connectivity index (χ4n) is 1.24. The van der Waals surface area contributed by atoms with Gasteiger partial charge in [0, 0.05) is 51.9 Å². The number of aromatic nitrogens is 2. The summed E-state index contributed by atoms with van der Waals surface area (Å²) in [7, 11) is 0. The molecule has 0 aliphatic carbocycles. The summed E-state index contributed by atoms with van der Waals surface area (Å²) < 4.78 is 0.434. The number of hydrogen-bond donors (Lipinski definition) is 3. The number of aromatic amines is 2. The minimum Gasteiger partial charge on any atom is -0.478 e. The summed E-state index contributed by atoms with van der Waals surface area (Å²) in [5, 5.41) is 8.82. The van der Waals surface area contributed by atoms with Crippen molar-refractivity contribution in [2.45, 2.75) is 0 Å². The Labute approximate surface area is 128 Å². The van der Waals surface area contributed by atoms with Gasteiger partial charge in [-0.25, -0.2) is 4.79 Å². The third kappa shape index (κ3) is 3.04. The van der Waals surface area contributed by atoms with Crippen molar-refractivity contribution < 1.29 is 32.3 Å². The van der Waals surface area contributed by atoms with Gasteiger partial charge in [0.05, 0.1) is 16.6 Å². The molecule has 0 amide bonds. The Balaban J connectivity index is 0.000000980. The number of para-hydroxylation sites is 1. The maximum absolute atomic E-state index is 10.8. The molecule has 15 heavy (non-hydrogen) atoms. The zero-order chi connectivity index (χ0) is 9.42. The van der Waals surface area contributed by atoms with Crippen molar-refractivity contribution >= 4 is 58.8 Å². The van der Waals surface area contributed by atoms with Crippen LogP contribution in [-0.4, -0.2) is 50.6 Å². The summed E-state index contributed by atoms with van der Waals surface area (Å²) in [5.74, 6) is -0.962. The number of carbonyl (C=O) groups is 1. The topological polar surface area (TPSA) is 68.9 Å². The first-order valence-corrected chi connectivity index (χ1v) is 4.03. The fourth-order valence-corrected chi connectivity index (χ4v) is 1.45. The van der Waals surface area contributed by atoms with Gasteiger partial charge in [0.25, 0.3) is 0 Å². The van der Waals surface area contributed by atoms with Crippen LogP contribution in [-0.2, 0) is 22.4 Å². The van der Waals surface area contributed by atoms with Gasteiger partial charge in [0.2, 0.25) is 0 Å². The molecule has 0 aliphatic rings. The Bertz CT molecular complexity index is 537. The van der Waals surface area contributed by atoms with Gasteiger partial charge in [-0.15, -0.1) is 0 Å². The summed E-state index contributed by atoms with van der Waals surface area (Å²) in [6.07, 6.45) is 0. The van der Waals surface area contributed by atoms with Crippen LogP contribution in [0.15, 0.2) is 18.2 Å². The molecule has 78 valence electrons. The van der Waals surface area contributed by atoms with E-state index in [1.807, 2.05) is 0 Å². The van der Waals surface area contributed by atoms with Crippen LogP contribution >= 0.6 is 12.2 Å². The van der Waals surface area contributed by atoms with E-state index in [0.29, 0.717) is 15.8 Å². The van der Waals surface area contributed by atoms with Crippen molar-refractivity contribution in [2.75, 3.05) is 0 Å². The van der Waals surface area contributed by atoms with Crippen molar-refractivity contribution in [2.24, 2.45) is 0 Å². The van der Waals surface area contributed by atoms with Gasteiger partial charge in [0.1, 0.15) is 0 Å². The number of carboxylic acids is 1. The van der Waals surface area contributed by atoms with Gasteiger partial charge < -0.3 is 15.1 Å². The molecule has 2 radical (unpaired) electrons. The molecule has 7 heteroatoms. The first-order valence-electron chi connectivity index (χ1n) is 3.63. The number of benzene rings is 1. The molecular formula is C8H6AuN2NaO2S. The van der Waals surface area contributed by atoms with Crippen LogP contribution in [0, 0.1) is 4.77 Å². The number of carboxylic acid groups (broad SMARTS) is 1. The fraction of sp³-hybridized carbons (Fsp3) is 0. The summed E-state index contributed by atoms with van der Waals surface area (Å²) in [5.41, 5.74) is 1.48. The monoisotopic (exact) mass is 414 g/mol. The molecule has 2 aromatic rings. The average molecular weight is 414 g/mol. The molecule has 0 saturated carbocycles. The number of fused-ring (bicyclic) bond motifs is 1. The summed E-state index contributed by atoms with van der Waals surface area (Å²) in [6, 6.07) is 4.97. The van der Waals surface area contributed by atoms with E-state index in [4.69, 9.17) is 17.3 Å². The first kappa shape index (κ1) is 15.1. The zero-order valence-electron chi connectivity index (χ0n) is 7.80. The van der Waals surface area contributed by atoms with E-state index in [9.17, 15) is 4.79 Å². The molecule has 0 fully saturated rings. The van der Waals surface area contributed by atoms with E-state index in [0.717, 1.165) is 0 Å². The molecule has 0 saturated heterocycles. The van der Waals surface area contributed by atoms with Crippen LogP contribution in [0.1, 0.15) is 10.4 Å². The largest absolute Gasteiger partial charge is 0.478 e. The second kappa shape index (κ2) is 6.00. The van der Waals surface area contributed by atoms with Gasteiger partial charge >= 0.3 is 5.97 Å². The Kier molecular flexibility index (Phi) is 6.05. The number of imidazole rings is 1. The molecule has 0 spiro atoms. The number of H-pyrrole nitrogens is 2. The van der Waals surface area contributed by atoms with E-state index < -0.39 is 5.97 Å². The quantitative estimate of drug-likeness (QED) is 0.490. The van der Waals surface area contributed by atoms with Crippen LogP contribution in [0.5, 0.6) is 0 Å². The molecule has 2 rings (SSSR count). The summed E-state index contributed by atoms with van der Waals surface area (Å²) in [4.78, 5) is 16.4. The maximum atomic E-state index is 10.8. The molecule has 1 aromatic carbocycles. The average Bonchev–Trinajstić information content (AvgIpc) is 2.43. The van der Waals surface area contributed by atoms with Crippen molar-refractivity contribution in [3.05, 3.63) is 28.5 Å². The molecule has 1 heterocycles. The van der Waals surface area contributed by atoms with Gasteiger partial charge in [-0.2, -0.15) is 0 Å². The van der Waals surface area contributed by atoms with E-state index in [1.165, 1.54) is 6.07 Å². The normalized spacial score (nSPS) is 9.07. The van der Waals surface area contributed by atoms with Crippen LogP contribution in [0.3, 0.4) is 0 Å². The Morgan fingerprint density at radius 3 is 2.60 bits per heavy atom. The van der Waals surface area contributed by atoms with Crippen LogP contribution in [0.25, 0.3) is 11.0 Å². The third-order valence-corrected chi connectivity index (χ3v) is 1.99. The molecule has 0 atom stereocenters. The Morgan fingerprint density at radius 1 is 1.33 bits per heavy atom. The minimum absolute atomic E-state index is 0. The predicted molar refractivity (Wildman–Crippen MR) is 56.2 cm³/mol. The molecule has 3 N–H and O–H groups in total. The van der Waals surface area contributed by atoms with Crippen molar-refractivity contribution in [1.82, 2.24) is 9.97 Å². The smallest absolute Gasteiger partial charge is 0.337 e. The van der Waals surface area contributed by atoms with Gasteiger partial charge in [-0.05, 0) is 24.4 Å². The second-order valence-electron chi connectivity index (χ2n) is 2.61. The first-order chi connectivity index (χ1) is 6.18. The van der Waals surface area contributed by atoms with E-state index in [1.54, 1.807) is 12.1 Å². The minimum atomic E-state index is -0.962. The van der Waals surface area contributed by atoms with E-state index in [-0.39, 0.29) is 57.5 Å². The summed E-state index contributed by atoms with van der Waals surface area (Å²) >= 11 is 4.86. The molecule has 0 bridgehead atoms. The molecular weight excluding hydrogens is 408 g/mol. The number of hydrogen-bond acceptors (Lipinski definition) is 2. The zero-order valence-corrected chi connectivity index (χ0v) is 12.8. The van der Waals surface area contributed by atoms with Crippen LogP contribution < -0.4 is 0 Å². The van der Waals surface area contributed by atoms with Crippen molar-refractivity contribution in [3.63, 3.8) is 0 Å². The molecule has 1 aromatic heterocycles. The second-order valence-corrected chi connectivity index (χ2v) is 3.02. The summed E-state index contributed by atoms with van der Waals surface area (Å²) in [6.45, 7) is 0. The van der Waals surface area contributed by atoms with Gasteiger partial charge in [-0.1, -0.05) is 6.07 Å². The SMILES string of the molecule is O=C(O)c1cccc2[nH]c(=S)[nH]c12.[Au].[Na].